The number of carbonyl (C=O) groups excluding carboxylic acids is 5. The lowest BCUT2D eigenvalue weighted by molar-refractivity contribution is -0.149. The average molecular weight is 711 g/mol. The fraction of sp³-hybridized carbons (Fsp3) is 0.324. The number of nitrogens with zero attached hydrogens (tertiary/aromatic N) is 1. The minimum absolute atomic E-state index is 0.0218. The van der Waals surface area contributed by atoms with Gasteiger partial charge < -0.3 is 24.4 Å². The molecule has 0 radical (unpaired) electrons. The van der Waals surface area contributed by atoms with Gasteiger partial charge in [0.1, 0.15) is 6.04 Å². The minimum atomic E-state index is -3.95. The van der Waals surface area contributed by atoms with Gasteiger partial charge in [-0.15, -0.1) is 0 Å². The van der Waals surface area contributed by atoms with Gasteiger partial charge in [0.25, 0.3) is 11.8 Å². The van der Waals surface area contributed by atoms with Gasteiger partial charge in [0.2, 0.25) is 5.91 Å². The standard InChI is InChI=1S/C34H35FN4O10S/c1-5-49-33(43)22-13-14-39(29(22)24-17-20(37-34(44)48-4)9-12-27(24)50(45,46)6-2)32(42)28(18-7-11-25(35)26(15-18)47-3)36-19-8-10-21-23(16-19)31(41)38-30(21)40/h7-12,15-17,22,28-29,36H,5-6,13-14H2,1-4H3,(H,37,44)(H,38,40,41)/t22-,28-,29+/m0/s1. The SMILES string of the molecule is CCOC(=O)[C@H]1CCN(C(=O)[C@@H](Nc2ccc3c(c2)C(=O)NC3=O)c2ccc(F)c(OC)c2)[C@H]1c1cc(NC(=O)OC)ccc1S(=O)(=O)CC. The van der Waals surface area contributed by atoms with Crippen molar-refractivity contribution in [1.29, 1.82) is 0 Å². The summed E-state index contributed by atoms with van der Waals surface area (Å²) in [5.74, 6) is -4.69. The molecule has 0 saturated carbocycles. The van der Waals surface area contributed by atoms with Crippen LogP contribution < -0.4 is 20.7 Å². The van der Waals surface area contributed by atoms with Crippen LogP contribution in [0.4, 0.5) is 20.6 Å². The number of anilines is 2. The van der Waals surface area contributed by atoms with Gasteiger partial charge in [-0.25, -0.2) is 17.6 Å². The molecule has 0 spiro atoms. The molecule has 4 amide bonds. The van der Waals surface area contributed by atoms with Gasteiger partial charge in [0, 0.05) is 17.9 Å². The molecule has 2 heterocycles. The molecule has 5 rings (SSSR count). The number of benzene rings is 3. The number of rotatable bonds is 11. The van der Waals surface area contributed by atoms with Crippen molar-refractivity contribution in [1.82, 2.24) is 10.2 Å². The van der Waals surface area contributed by atoms with Gasteiger partial charge in [-0.3, -0.25) is 29.8 Å². The molecule has 1 fully saturated rings. The van der Waals surface area contributed by atoms with Gasteiger partial charge in [-0.05, 0) is 73.0 Å². The predicted octanol–water partition coefficient (Wildman–Crippen LogP) is 4.00. The van der Waals surface area contributed by atoms with E-state index in [4.69, 9.17) is 14.2 Å². The number of esters is 1. The fourth-order valence-electron chi connectivity index (χ4n) is 6.12. The Balaban J connectivity index is 1.67. The molecule has 0 unspecified atom stereocenters. The maximum atomic E-state index is 14.8. The van der Waals surface area contributed by atoms with Crippen molar-refractivity contribution in [2.45, 2.75) is 37.2 Å². The van der Waals surface area contributed by atoms with E-state index in [0.717, 1.165) is 13.2 Å². The molecular formula is C34H35FN4O10S. The zero-order valence-electron chi connectivity index (χ0n) is 27.6. The summed E-state index contributed by atoms with van der Waals surface area (Å²) >= 11 is 0. The molecular weight excluding hydrogens is 675 g/mol. The van der Waals surface area contributed by atoms with Gasteiger partial charge in [-0.1, -0.05) is 13.0 Å². The molecule has 3 aromatic carbocycles. The van der Waals surface area contributed by atoms with Crippen LogP contribution in [-0.2, 0) is 28.9 Å². The third-order valence-corrected chi connectivity index (χ3v) is 10.3. The molecule has 14 nitrogen and oxygen atoms in total. The van der Waals surface area contributed by atoms with Crippen molar-refractivity contribution >= 4 is 51.0 Å². The summed E-state index contributed by atoms with van der Waals surface area (Å²) in [6.07, 6.45) is -0.738. The first-order chi connectivity index (χ1) is 23.8. The molecule has 50 heavy (non-hydrogen) atoms. The molecule has 16 heteroatoms. The lowest BCUT2D eigenvalue weighted by Gasteiger charge is -2.33. The number of likely N-dealkylation sites (tertiary alicyclic amines) is 1. The van der Waals surface area contributed by atoms with Crippen LogP contribution in [0.3, 0.4) is 0 Å². The van der Waals surface area contributed by atoms with Crippen molar-refractivity contribution in [3.8, 4) is 5.75 Å². The van der Waals surface area contributed by atoms with Crippen LogP contribution in [0.1, 0.15) is 64.2 Å². The molecule has 3 atom stereocenters. The van der Waals surface area contributed by atoms with Crippen molar-refractivity contribution < 1.29 is 51.0 Å². The van der Waals surface area contributed by atoms with E-state index in [1.165, 1.54) is 67.5 Å². The van der Waals surface area contributed by atoms with Gasteiger partial charge in [0.05, 0.1) is 54.6 Å². The van der Waals surface area contributed by atoms with Crippen LogP contribution >= 0.6 is 0 Å². The molecule has 0 aliphatic carbocycles. The number of fused-ring (bicyclic) bond motifs is 1. The zero-order valence-corrected chi connectivity index (χ0v) is 28.4. The first kappa shape index (κ1) is 35.8. The highest BCUT2D eigenvalue weighted by Crippen LogP contribution is 2.44. The van der Waals surface area contributed by atoms with Crippen molar-refractivity contribution in [2.24, 2.45) is 5.92 Å². The average Bonchev–Trinajstić information content (AvgIpc) is 3.67. The summed E-state index contributed by atoms with van der Waals surface area (Å²) in [4.78, 5) is 66.1. The zero-order chi connectivity index (χ0) is 36.3. The van der Waals surface area contributed by atoms with Crippen LogP contribution in [0.2, 0.25) is 0 Å². The van der Waals surface area contributed by atoms with Crippen molar-refractivity contribution in [3.05, 3.63) is 82.7 Å². The predicted molar refractivity (Wildman–Crippen MR) is 177 cm³/mol. The Labute approximate surface area is 287 Å². The first-order valence-electron chi connectivity index (χ1n) is 15.6. The number of carbonyl (C=O) groups is 5. The molecule has 3 aromatic rings. The molecule has 2 aliphatic heterocycles. The summed E-state index contributed by atoms with van der Waals surface area (Å²) in [7, 11) is -1.54. The quantitative estimate of drug-likeness (QED) is 0.193. The second kappa shape index (κ2) is 14.5. The van der Waals surface area contributed by atoms with Crippen LogP contribution in [-0.4, -0.2) is 76.2 Å². The smallest absolute Gasteiger partial charge is 0.411 e. The van der Waals surface area contributed by atoms with E-state index >= 15 is 0 Å². The Morgan fingerprint density at radius 1 is 0.980 bits per heavy atom. The third-order valence-electron chi connectivity index (χ3n) is 8.55. The highest BCUT2D eigenvalue weighted by molar-refractivity contribution is 7.91. The number of ether oxygens (including phenoxy) is 3. The van der Waals surface area contributed by atoms with E-state index in [-0.39, 0.29) is 69.6 Å². The molecule has 2 aliphatic rings. The maximum Gasteiger partial charge on any atom is 0.411 e. The number of hydrogen-bond acceptors (Lipinski definition) is 11. The highest BCUT2D eigenvalue weighted by Gasteiger charge is 2.46. The second-order valence-corrected chi connectivity index (χ2v) is 13.7. The maximum absolute atomic E-state index is 14.8. The molecule has 0 bridgehead atoms. The summed E-state index contributed by atoms with van der Waals surface area (Å²) in [6, 6.07) is 9.62. The number of nitrogens with one attached hydrogen (secondary N) is 3. The van der Waals surface area contributed by atoms with Crippen LogP contribution in [0.5, 0.6) is 5.75 Å². The van der Waals surface area contributed by atoms with E-state index in [2.05, 4.69) is 16.0 Å². The monoisotopic (exact) mass is 710 g/mol. The van der Waals surface area contributed by atoms with E-state index in [1.807, 2.05) is 0 Å². The Bertz CT molecular complexity index is 1990. The lowest BCUT2D eigenvalue weighted by Crippen LogP contribution is -2.40. The fourth-order valence-corrected chi connectivity index (χ4v) is 7.24. The highest BCUT2D eigenvalue weighted by atomic mass is 32.2. The summed E-state index contributed by atoms with van der Waals surface area (Å²) in [5, 5.41) is 7.79. The molecule has 264 valence electrons. The van der Waals surface area contributed by atoms with Crippen molar-refractivity contribution in [2.75, 3.05) is 43.8 Å². The Morgan fingerprint density at radius 2 is 1.70 bits per heavy atom. The number of methoxy groups -OCH3 is 2. The molecule has 1 saturated heterocycles. The number of hydrogen-bond donors (Lipinski definition) is 3. The van der Waals surface area contributed by atoms with Gasteiger partial charge in [-0.2, -0.15) is 0 Å². The summed E-state index contributed by atoms with van der Waals surface area (Å²) in [5.41, 5.74) is 0.921. The van der Waals surface area contributed by atoms with E-state index in [9.17, 15) is 36.8 Å². The Morgan fingerprint density at radius 3 is 2.38 bits per heavy atom. The molecule has 3 N–H and O–H groups in total. The van der Waals surface area contributed by atoms with E-state index in [0.29, 0.717) is 0 Å². The van der Waals surface area contributed by atoms with E-state index in [1.54, 1.807) is 6.92 Å². The number of amides is 4. The van der Waals surface area contributed by atoms with Crippen LogP contribution in [0.15, 0.2) is 59.5 Å². The lowest BCUT2D eigenvalue weighted by atomic mass is 9.92. The summed E-state index contributed by atoms with van der Waals surface area (Å²) in [6.45, 7) is 3.07. The van der Waals surface area contributed by atoms with Crippen molar-refractivity contribution in [3.63, 3.8) is 0 Å². The minimum Gasteiger partial charge on any atom is -0.494 e. The Hall–Kier alpha value is -5.51. The van der Waals surface area contributed by atoms with E-state index < -0.39 is 63.4 Å². The third kappa shape index (κ3) is 6.96. The topological polar surface area (TPSA) is 187 Å². The number of sulfone groups is 1. The largest absolute Gasteiger partial charge is 0.494 e. The Kier molecular flexibility index (Phi) is 10.4. The number of halogens is 1. The molecule has 0 aromatic heterocycles. The normalized spacial score (nSPS) is 17.4. The summed E-state index contributed by atoms with van der Waals surface area (Å²) < 4.78 is 56.7. The van der Waals surface area contributed by atoms with Gasteiger partial charge >= 0.3 is 12.1 Å². The number of imide groups is 1. The van der Waals surface area contributed by atoms with Crippen LogP contribution in [0.25, 0.3) is 0 Å². The van der Waals surface area contributed by atoms with Crippen LogP contribution in [0, 0.1) is 11.7 Å². The first-order valence-corrected chi connectivity index (χ1v) is 17.3. The van der Waals surface area contributed by atoms with Gasteiger partial charge in [0.15, 0.2) is 21.4 Å². The second-order valence-electron chi connectivity index (χ2n) is 11.4.